The van der Waals surface area contributed by atoms with Gasteiger partial charge in [0.15, 0.2) is 5.65 Å². The van der Waals surface area contributed by atoms with Crippen LogP contribution in [0.25, 0.3) is 16.8 Å². The van der Waals surface area contributed by atoms with Crippen LogP contribution in [-0.4, -0.2) is 69.5 Å². The van der Waals surface area contributed by atoms with E-state index in [1.54, 1.807) is 18.5 Å². The number of H-pyrrole nitrogens is 1. The molecule has 2 atom stereocenters. The van der Waals surface area contributed by atoms with Crippen molar-refractivity contribution < 1.29 is 20.0 Å². The Morgan fingerprint density at radius 1 is 1.45 bits per heavy atom. The van der Waals surface area contributed by atoms with Gasteiger partial charge in [-0.2, -0.15) is 14.6 Å². The lowest BCUT2D eigenvalue weighted by Crippen LogP contribution is -2.47. The molecule has 156 valence electrons. The Labute approximate surface area is 176 Å². The van der Waals surface area contributed by atoms with Crippen LogP contribution in [0.15, 0.2) is 24.5 Å². The maximum Gasteiger partial charge on any atom is 0.243 e. The van der Waals surface area contributed by atoms with Gasteiger partial charge < -0.3 is 10.1 Å². The van der Waals surface area contributed by atoms with Crippen LogP contribution >= 0.6 is 0 Å². The van der Waals surface area contributed by atoms with E-state index in [9.17, 15) is 8.42 Å². The second kappa shape index (κ2) is 7.64. The molecular weight excluding hydrogens is 394 g/mol. The van der Waals surface area contributed by atoms with E-state index in [0.29, 0.717) is 36.3 Å². The van der Waals surface area contributed by atoms with E-state index in [1.165, 1.54) is 21.1 Å². The number of piperidine rings is 1. The van der Waals surface area contributed by atoms with Crippen LogP contribution in [0.2, 0.25) is 0 Å². The normalized spacial score (nSPS) is 24.3. The lowest BCUT2D eigenvalue weighted by molar-refractivity contribution is 0.262. The summed E-state index contributed by atoms with van der Waals surface area (Å²) in [5, 5.41) is 14.2. The van der Waals surface area contributed by atoms with Crippen molar-refractivity contribution in [1.29, 1.82) is 0 Å². The maximum absolute atomic E-state index is 11.9. The van der Waals surface area contributed by atoms with E-state index < -0.39 is 23.4 Å². The fraction of sp³-hybridized carbons (Fsp3) is 0.500. The van der Waals surface area contributed by atoms with Crippen LogP contribution in [0, 0.1) is 5.92 Å². The molecule has 2 N–H and O–H groups in total. The Morgan fingerprint density at radius 2 is 2.31 bits per heavy atom. The third-order valence-corrected chi connectivity index (χ3v) is 6.31. The van der Waals surface area contributed by atoms with Crippen LogP contribution in [0.5, 0.6) is 5.88 Å². The number of aromatic nitrogens is 5. The summed E-state index contributed by atoms with van der Waals surface area (Å²) in [5.74, 6) is 0.0700. The molecule has 10 nitrogen and oxygen atoms in total. The van der Waals surface area contributed by atoms with Gasteiger partial charge in [-0.3, -0.25) is 5.10 Å². The van der Waals surface area contributed by atoms with Crippen molar-refractivity contribution in [3.05, 3.63) is 24.5 Å². The molecule has 0 radical (unpaired) electrons. The highest BCUT2D eigenvalue weighted by Crippen LogP contribution is 2.27. The predicted molar refractivity (Wildman–Crippen MR) is 109 cm³/mol. The van der Waals surface area contributed by atoms with Gasteiger partial charge in [-0.1, -0.05) is 6.92 Å². The predicted octanol–water partition coefficient (Wildman–Crippen LogP) is 1.60. The standard InChI is InChI=1S/C18H25N7O3S/c1-4-28-17-8-13(14-9-19-20-10-14)7-16-22-18(23-25(16)17)21-15-5-6-24(11-12(15)2)29(3,26)27/h7-10,12,15H,4-6,11H2,1-3H3,(H,19,20)(H,21,23)/t12-,15+/m1/s1/i1D3,4D2. The minimum absolute atomic E-state index is 0.0167. The first-order chi connectivity index (χ1) is 15.7. The van der Waals surface area contributed by atoms with Crippen LogP contribution in [0.3, 0.4) is 0 Å². The highest BCUT2D eigenvalue weighted by atomic mass is 32.2. The maximum atomic E-state index is 11.9. The summed E-state index contributed by atoms with van der Waals surface area (Å²) >= 11 is 0. The van der Waals surface area contributed by atoms with Gasteiger partial charge in [0.05, 0.1) is 21.8 Å². The summed E-state index contributed by atoms with van der Waals surface area (Å²) < 4.78 is 69.8. The third-order valence-electron chi connectivity index (χ3n) is 5.04. The van der Waals surface area contributed by atoms with Gasteiger partial charge in [0.2, 0.25) is 21.9 Å². The number of fused-ring (bicyclic) bond motifs is 1. The van der Waals surface area contributed by atoms with Crippen molar-refractivity contribution in [2.75, 3.05) is 31.2 Å². The second-order valence-electron chi connectivity index (χ2n) is 7.12. The average Bonchev–Trinajstić information content (AvgIpc) is 3.37. The molecule has 4 heterocycles. The summed E-state index contributed by atoms with van der Waals surface area (Å²) in [7, 11) is -3.27. The summed E-state index contributed by atoms with van der Waals surface area (Å²) in [6, 6.07) is 3.06. The van der Waals surface area contributed by atoms with E-state index in [2.05, 4.69) is 25.6 Å². The topological polar surface area (TPSA) is 118 Å². The minimum Gasteiger partial charge on any atom is -0.478 e. The third kappa shape index (κ3) is 4.06. The van der Waals surface area contributed by atoms with E-state index in [-0.39, 0.29) is 23.8 Å². The number of pyridine rings is 1. The number of ether oxygens (including phenoxy) is 1. The van der Waals surface area contributed by atoms with Gasteiger partial charge in [0.1, 0.15) is 0 Å². The van der Waals surface area contributed by atoms with Gasteiger partial charge in [-0.05, 0) is 30.8 Å². The molecule has 3 aromatic heterocycles. The van der Waals surface area contributed by atoms with Crippen LogP contribution in [-0.2, 0) is 10.0 Å². The van der Waals surface area contributed by atoms with Gasteiger partial charge in [-0.15, -0.1) is 5.10 Å². The fourth-order valence-corrected chi connectivity index (χ4v) is 4.45. The van der Waals surface area contributed by atoms with Crippen molar-refractivity contribution in [3.8, 4) is 17.0 Å². The molecule has 0 amide bonds. The lowest BCUT2D eigenvalue weighted by Gasteiger charge is -2.35. The molecule has 11 heteroatoms. The van der Waals surface area contributed by atoms with Crippen LogP contribution in [0.4, 0.5) is 5.95 Å². The zero-order valence-electron chi connectivity index (χ0n) is 21.0. The Kier molecular flexibility index (Phi) is 3.78. The minimum atomic E-state index is -3.27. The Morgan fingerprint density at radius 3 is 3.00 bits per heavy atom. The second-order valence-corrected chi connectivity index (χ2v) is 9.10. The first kappa shape index (κ1) is 14.3. The monoisotopic (exact) mass is 424 g/mol. The van der Waals surface area contributed by atoms with Gasteiger partial charge in [0, 0.05) is 41.1 Å². The van der Waals surface area contributed by atoms with Crippen molar-refractivity contribution in [3.63, 3.8) is 0 Å². The molecule has 0 unspecified atom stereocenters. The smallest absolute Gasteiger partial charge is 0.243 e. The highest BCUT2D eigenvalue weighted by Gasteiger charge is 2.31. The van der Waals surface area contributed by atoms with Crippen molar-refractivity contribution in [2.24, 2.45) is 5.92 Å². The molecule has 0 aromatic carbocycles. The van der Waals surface area contributed by atoms with E-state index in [4.69, 9.17) is 11.6 Å². The largest absolute Gasteiger partial charge is 0.478 e. The molecule has 1 fully saturated rings. The number of hydrogen-bond donors (Lipinski definition) is 2. The molecule has 4 rings (SSSR count). The molecule has 1 aliphatic rings. The molecule has 1 aliphatic heterocycles. The first-order valence-corrected chi connectivity index (χ1v) is 10.9. The molecular formula is C18H25N7O3S. The molecule has 3 aromatic rings. The van der Waals surface area contributed by atoms with E-state index in [0.717, 1.165) is 0 Å². The Balaban J connectivity index is 1.67. The SMILES string of the molecule is [2H]C([2H])([2H])C([2H])([2H])Oc1cc(-c2cn[nH]c2)cc2nc(N[C@H]3CCN(S(C)(=O)=O)C[C@H]3C)nn12. The fourth-order valence-electron chi connectivity index (χ4n) is 3.51. The molecule has 1 saturated heterocycles. The molecule has 0 aliphatic carbocycles. The lowest BCUT2D eigenvalue weighted by atomic mass is 9.95. The van der Waals surface area contributed by atoms with Crippen molar-refractivity contribution in [2.45, 2.75) is 26.2 Å². The van der Waals surface area contributed by atoms with Gasteiger partial charge in [-0.25, -0.2) is 12.7 Å². The van der Waals surface area contributed by atoms with Crippen molar-refractivity contribution >= 4 is 21.6 Å². The summed E-state index contributed by atoms with van der Waals surface area (Å²) in [5.41, 5.74) is 1.55. The highest BCUT2D eigenvalue weighted by molar-refractivity contribution is 7.88. The quantitative estimate of drug-likeness (QED) is 0.617. The molecule has 29 heavy (non-hydrogen) atoms. The zero-order chi connectivity index (χ0) is 24.9. The van der Waals surface area contributed by atoms with Crippen LogP contribution in [0.1, 0.15) is 27.1 Å². The summed E-state index contributed by atoms with van der Waals surface area (Å²) in [6.07, 6.45) is 4.92. The summed E-state index contributed by atoms with van der Waals surface area (Å²) in [6.45, 7) is -3.34. The molecule has 0 saturated carbocycles. The Bertz CT molecular complexity index is 1280. The summed E-state index contributed by atoms with van der Waals surface area (Å²) in [4.78, 5) is 4.47. The number of rotatable bonds is 6. The zero-order valence-corrected chi connectivity index (χ0v) is 16.8. The van der Waals surface area contributed by atoms with Gasteiger partial charge in [0.25, 0.3) is 0 Å². The Hall–Kier alpha value is -2.66. The molecule has 0 spiro atoms. The number of sulfonamides is 1. The number of hydrogen-bond acceptors (Lipinski definition) is 7. The van der Waals surface area contributed by atoms with E-state index >= 15 is 0 Å². The van der Waals surface area contributed by atoms with E-state index in [1.807, 2.05) is 6.92 Å². The molecule has 0 bridgehead atoms. The first-order valence-electron chi connectivity index (χ1n) is 11.6. The number of aromatic amines is 1. The average molecular weight is 425 g/mol. The van der Waals surface area contributed by atoms with Gasteiger partial charge >= 0.3 is 0 Å². The number of nitrogens with zero attached hydrogens (tertiary/aromatic N) is 5. The van der Waals surface area contributed by atoms with Crippen molar-refractivity contribution in [1.82, 2.24) is 29.1 Å². The van der Waals surface area contributed by atoms with Crippen LogP contribution < -0.4 is 10.1 Å². The number of anilines is 1. The number of nitrogens with one attached hydrogen (secondary N) is 2.